The fourth-order valence-corrected chi connectivity index (χ4v) is 11.1. The largest absolute Gasteiger partial charge is 0.472 e. The Morgan fingerprint density at radius 1 is 0.402 bits per heavy atom. The summed E-state index contributed by atoms with van der Waals surface area (Å²) < 4.78 is 30.9. The third-order valence-electron chi connectivity index (χ3n) is 16.0. The van der Waals surface area contributed by atoms with Crippen molar-refractivity contribution < 1.29 is 37.3 Å². The van der Waals surface area contributed by atoms with Crippen molar-refractivity contribution in [2.24, 2.45) is 0 Å². The molecular formula is C77H140N2O7P+. The molecule has 1 amide bonds. The van der Waals surface area contributed by atoms with Gasteiger partial charge in [0.2, 0.25) is 5.91 Å². The number of unbranched alkanes of at least 4 members (excludes halogenated alkanes) is 36. The molecule has 0 aliphatic heterocycles. The van der Waals surface area contributed by atoms with Gasteiger partial charge in [0.05, 0.1) is 33.8 Å². The minimum atomic E-state index is -4.47. The molecule has 0 saturated carbocycles. The summed E-state index contributed by atoms with van der Waals surface area (Å²) in [6, 6.07) is -0.865. The van der Waals surface area contributed by atoms with Crippen LogP contribution in [0.1, 0.15) is 329 Å². The van der Waals surface area contributed by atoms with E-state index in [-0.39, 0.29) is 31.5 Å². The van der Waals surface area contributed by atoms with Crippen molar-refractivity contribution in [3.05, 3.63) is 97.2 Å². The predicted octanol–water partition coefficient (Wildman–Crippen LogP) is 23.5. The van der Waals surface area contributed by atoms with E-state index < -0.39 is 20.0 Å². The normalized spacial score (nSPS) is 14.1. The number of likely N-dealkylation sites (N-methyl/N-ethyl adjacent to an activating group) is 1. The number of allylic oxidation sites excluding steroid dienone is 15. The first-order valence-corrected chi connectivity index (χ1v) is 38.1. The standard InChI is InChI=1S/C77H139N2O7P/c1-7-10-13-16-19-22-25-28-30-32-34-36-37-38-39-40-41-43-45-47-49-52-55-58-61-64-67-70-77(81)86-75(68-65-62-59-56-53-50-27-24-21-18-15-12-9-3)74(73-85-87(82,83)84-72-71-79(4,5)6)78-76(80)69-66-63-60-57-54-51-48-46-44-42-35-33-31-29-26-23-20-17-14-11-8-2/h19-20,22-23,28-31,34-36,42,46,48,65,68,74-75H,7-18,21,24-27,32-33,37-41,43-45,47,49-64,66-67,69-73H2,1-6H3,(H-,78,80,82,83)/p+1/b22-19-,23-20-,30-28-,31-29-,36-34-,42-35-,48-46-,68-65-. The molecule has 0 aromatic heterocycles. The third-order valence-corrected chi connectivity index (χ3v) is 17.0. The van der Waals surface area contributed by atoms with Gasteiger partial charge in [0.1, 0.15) is 19.3 Å². The Morgan fingerprint density at radius 2 is 0.701 bits per heavy atom. The zero-order valence-corrected chi connectivity index (χ0v) is 58.6. The summed E-state index contributed by atoms with van der Waals surface area (Å²) in [6.45, 7) is 6.97. The second-order valence-corrected chi connectivity index (χ2v) is 27.2. The summed E-state index contributed by atoms with van der Waals surface area (Å²) in [4.78, 5) is 37.9. The van der Waals surface area contributed by atoms with Crippen LogP contribution in [0.25, 0.3) is 0 Å². The minimum Gasteiger partial charge on any atom is -0.456 e. The molecule has 0 aromatic carbocycles. The summed E-state index contributed by atoms with van der Waals surface area (Å²) in [5.74, 6) is -0.521. The molecule has 504 valence electrons. The van der Waals surface area contributed by atoms with E-state index in [1.807, 2.05) is 33.3 Å². The molecule has 10 heteroatoms. The second kappa shape index (κ2) is 65.9. The van der Waals surface area contributed by atoms with Crippen LogP contribution in [0.15, 0.2) is 97.2 Å². The highest BCUT2D eigenvalue weighted by Crippen LogP contribution is 2.43. The Hall–Kier alpha value is -3.07. The van der Waals surface area contributed by atoms with Crippen LogP contribution in [0, 0.1) is 0 Å². The molecule has 3 unspecified atom stereocenters. The van der Waals surface area contributed by atoms with Gasteiger partial charge in [0.25, 0.3) is 0 Å². The molecule has 0 spiro atoms. The summed E-state index contributed by atoms with van der Waals surface area (Å²) >= 11 is 0. The molecule has 0 heterocycles. The molecule has 9 nitrogen and oxygen atoms in total. The Kier molecular flexibility index (Phi) is 63.5. The highest BCUT2D eigenvalue weighted by Gasteiger charge is 2.30. The summed E-state index contributed by atoms with van der Waals surface area (Å²) in [5, 5.41) is 3.06. The minimum absolute atomic E-state index is 0.0330. The van der Waals surface area contributed by atoms with Crippen molar-refractivity contribution in [1.82, 2.24) is 5.32 Å². The van der Waals surface area contributed by atoms with Gasteiger partial charge in [-0.1, -0.05) is 298 Å². The summed E-state index contributed by atoms with van der Waals surface area (Å²) in [7, 11) is 1.48. The van der Waals surface area contributed by atoms with Crippen molar-refractivity contribution in [3.8, 4) is 0 Å². The van der Waals surface area contributed by atoms with Crippen molar-refractivity contribution in [2.45, 2.75) is 341 Å². The molecule has 0 aromatic rings. The highest BCUT2D eigenvalue weighted by atomic mass is 31.2. The van der Waals surface area contributed by atoms with E-state index in [0.717, 1.165) is 109 Å². The Bertz CT molecular complexity index is 1810. The van der Waals surface area contributed by atoms with Crippen LogP contribution in [0.2, 0.25) is 0 Å². The number of esters is 1. The van der Waals surface area contributed by atoms with Gasteiger partial charge in [-0.15, -0.1) is 0 Å². The second-order valence-electron chi connectivity index (χ2n) is 25.8. The summed E-state index contributed by atoms with van der Waals surface area (Å²) in [6.07, 6.45) is 89.9. The van der Waals surface area contributed by atoms with E-state index in [4.69, 9.17) is 13.8 Å². The number of nitrogens with one attached hydrogen (secondary N) is 1. The van der Waals surface area contributed by atoms with Crippen LogP contribution in [0.4, 0.5) is 0 Å². The van der Waals surface area contributed by atoms with Crippen LogP contribution < -0.4 is 5.32 Å². The fourth-order valence-electron chi connectivity index (χ4n) is 10.3. The van der Waals surface area contributed by atoms with Crippen molar-refractivity contribution in [2.75, 3.05) is 40.9 Å². The van der Waals surface area contributed by atoms with Gasteiger partial charge in [-0.3, -0.25) is 18.6 Å². The number of ether oxygens (including phenoxy) is 1. The number of nitrogens with zero attached hydrogens (tertiary/aromatic N) is 1. The monoisotopic (exact) mass is 1240 g/mol. The Morgan fingerprint density at radius 3 is 1.07 bits per heavy atom. The molecule has 0 saturated heterocycles. The molecule has 87 heavy (non-hydrogen) atoms. The van der Waals surface area contributed by atoms with Gasteiger partial charge in [-0.25, -0.2) is 4.57 Å². The van der Waals surface area contributed by atoms with Gasteiger partial charge in [0.15, 0.2) is 0 Å². The maximum atomic E-state index is 13.6. The first kappa shape index (κ1) is 83.9. The first-order valence-electron chi connectivity index (χ1n) is 36.6. The van der Waals surface area contributed by atoms with Crippen LogP contribution in [-0.4, -0.2) is 74.3 Å². The number of hydrogen-bond donors (Lipinski definition) is 2. The van der Waals surface area contributed by atoms with Crippen molar-refractivity contribution in [3.63, 3.8) is 0 Å². The third kappa shape index (κ3) is 67.2. The zero-order chi connectivity index (χ0) is 63.5. The van der Waals surface area contributed by atoms with E-state index in [1.165, 1.54) is 186 Å². The molecule has 0 radical (unpaired) electrons. The van der Waals surface area contributed by atoms with E-state index >= 15 is 0 Å². The van der Waals surface area contributed by atoms with Crippen LogP contribution in [-0.2, 0) is 27.9 Å². The number of carbonyl (C=O) groups excluding carboxylic acids is 2. The molecule has 0 rings (SSSR count). The zero-order valence-electron chi connectivity index (χ0n) is 57.7. The van der Waals surface area contributed by atoms with E-state index in [9.17, 15) is 19.0 Å². The summed E-state index contributed by atoms with van der Waals surface area (Å²) in [5.41, 5.74) is 0. The van der Waals surface area contributed by atoms with Gasteiger partial charge in [-0.05, 0) is 115 Å². The lowest BCUT2D eigenvalue weighted by Crippen LogP contribution is -2.47. The molecule has 0 aliphatic rings. The van der Waals surface area contributed by atoms with Crippen LogP contribution in [0.5, 0.6) is 0 Å². The van der Waals surface area contributed by atoms with Crippen LogP contribution >= 0.6 is 7.82 Å². The topological polar surface area (TPSA) is 111 Å². The molecule has 0 fully saturated rings. The number of quaternary nitrogens is 1. The van der Waals surface area contributed by atoms with Crippen molar-refractivity contribution >= 4 is 19.7 Å². The van der Waals surface area contributed by atoms with E-state index in [1.54, 1.807) is 0 Å². The van der Waals surface area contributed by atoms with Crippen molar-refractivity contribution in [1.29, 1.82) is 0 Å². The average molecular weight is 1240 g/mol. The number of carbonyl (C=O) groups is 2. The maximum Gasteiger partial charge on any atom is 0.472 e. The first-order chi connectivity index (χ1) is 42.4. The number of phosphoric acid groups is 1. The number of amides is 1. The maximum absolute atomic E-state index is 13.6. The van der Waals surface area contributed by atoms with E-state index in [2.05, 4.69) is 111 Å². The lowest BCUT2D eigenvalue weighted by atomic mass is 10.0. The van der Waals surface area contributed by atoms with Gasteiger partial charge in [0, 0.05) is 12.8 Å². The lowest BCUT2D eigenvalue weighted by molar-refractivity contribution is -0.870. The molecular weight excluding hydrogens is 1100 g/mol. The van der Waals surface area contributed by atoms with Crippen LogP contribution in [0.3, 0.4) is 0 Å². The quantitative estimate of drug-likeness (QED) is 0.0205. The molecule has 0 bridgehead atoms. The fraction of sp³-hybridized carbons (Fsp3) is 0.766. The Labute approximate surface area is 538 Å². The predicted molar refractivity (Wildman–Crippen MR) is 378 cm³/mol. The number of hydrogen-bond acceptors (Lipinski definition) is 6. The highest BCUT2D eigenvalue weighted by molar-refractivity contribution is 7.47. The molecule has 0 aliphatic carbocycles. The SMILES string of the molecule is CCCCC/C=C\C/C=C\C/C=C\C/C=C\CCCCCCCC(=O)NC(COP(=O)(O)OCC[N+](C)(C)C)C(/C=C\CCCCCCCCCCCCC)OC(=O)CCCCCCCCCCCCCCCC/C=C\C/C=C\C/C=C\CCCCC. The lowest BCUT2D eigenvalue weighted by Gasteiger charge is -2.27. The Balaban J connectivity index is 5.10. The van der Waals surface area contributed by atoms with E-state index in [0.29, 0.717) is 17.4 Å². The number of phosphoric ester groups is 1. The van der Waals surface area contributed by atoms with Gasteiger partial charge >= 0.3 is 13.8 Å². The molecule has 2 N–H and O–H groups in total. The van der Waals surface area contributed by atoms with Gasteiger partial charge in [-0.2, -0.15) is 0 Å². The molecule has 3 atom stereocenters. The smallest absolute Gasteiger partial charge is 0.456 e. The van der Waals surface area contributed by atoms with Gasteiger partial charge < -0.3 is 19.4 Å². The number of rotatable bonds is 66. The average Bonchev–Trinajstić information content (AvgIpc) is 3.69.